The smallest absolute Gasteiger partial charge is 0.164 e. The molecule has 0 aliphatic heterocycles. The van der Waals surface area contributed by atoms with Crippen molar-refractivity contribution >= 4 is 12.4 Å². The lowest BCUT2D eigenvalue weighted by Gasteiger charge is -2.06. The predicted molar refractivity (Wildman–Crippen MR) is 50.5 cm³/mol. The zero-order chi connectivity index (χ0) is 8.97. The van der Waals surface area contributed by atoms with E-state index in [4.69, 9.17) is 12.3 Å². The van der Waals surface area contributed by atoms with Crippen molar-refractivity contribution in [1.29, 1.82) is 0 Å². The second-order valence-corrected chi connectivity index (χ2v) is 2.23. The van der Waals surface area contributed by atoms with Gasteiger partial charge in [-0.3, -0.25) is 4.84 Å². The Morgan fingerprint density at radius 1 is 1.38 bits per heavy atom. The maximum absolute atomic E-state index is 12.4. The van der Waals surface area contributed by atoms with Crippen LogP contribution in [0.5, 0.6) is 0 Å². The van der Waals surface area contributed by atoms with Crippen molar-refractivity contribution in [2.24, 2.45) is 5.90 Å². The highest BCUT2D eigenvalue weighted by molar-refractivity contribution is 5.85. The van der Waals surface area contributed by atoms with E-state index in [-0.39, 0.29) is 18.2 Å². The summed E-state index contributed by atoms with van der Waals surface area (Å²) in [5.74, 6) is 6.92. The summed E-state index contributed by atoms with van der Waals surface area (Å²) in [5.41, 5.74) is 0.668. The zero-order valence-corrected chi connectivity index (χ0v) is 7.55. The lowest BCUT2D eigenvalue weighted by Crippen LogP contribution is -2.06. The third-order valence-electron chi connectivity index (χ3n) is 1.46. The highest BCUT2D eigenvalue weighted by atomic mass is 35.5. The quantitative estimate of drug-likeness (QED) is 0.585. The summed E-state index contributed by atoms with van der Waals surface area (Å²) in [6, 6.07) is 5.68. The minimum Gasteiger partial charge on any atom is -0.283 e. The van der Waals surface area contributed by atoms with Crippen molar-refractivity contribution in [3.05, 3.63) is 35.6 Å². The second-order valence-electron chi connectivity index (χ2n) is 2.23. The summed E-state index contributed by atoms with van der Waals surface area (Å²) in [4.78, 5) is 4.47. The molecule has 1 unspecified atom stereocenters. The van der Waals surface area contributed by atoms with Crippen molar-refractivity contribution in [2.45, 2.75) is 6.10 Å². The number of halogens is 2. The molecule has 1 atom stereocenters. The zero-order valence-electron chi connectivity index (χ0n) is 6.74. The molecule has 0 fully saturated rings. The first-order chi connectivity index (χ1) is 5.77. The number of hydrogen-bond donors (Lipinski definition) is 1. The van der Waals surface area contributed by atoms with Gasteiger partial charge < -0.3 is 0 Å². The summed E-state index contributed by atoms with van der Waals surface area (Å²) >= 11 is 0. The average molecular weight is 202 g/mol. The van der Waals surface area contributed by atoms with E-state index >= 15 is 0 Å². The fourth-order valence-corrected chi connectivity index (χ4v) is 0.852. The molecule has 0 saturated heterocycles. The van der Waals surface area contributed by atoms with Gasteiger partial charge >= 0.3 is 0 Å². The molecule has 0 amide bonds. The Hall–Kier alpha value is -1.08. The Morgan fingerprint density at radius 2 is 1.92 bits per heavy atom. The molecule has 1 aromatic rings. The first-order valence-corrected chi connectivity index (χ1v) is 3.35. The Bertz CT molecular complexity index is 293. The van der Waals surface area contributed by atoms with E-state index in [0.717, 1.165) is 0 Å². The second kappa shape index (κ2) is 5.55. The standard InChI is InChI=1S/C9H8FNO.ClH/c1-2-9(12-11)7-3-5-8(10)6-4-7;/h1,3-6,9H,11H2;1H. The van der Waals surface area contributed by atoms with E-state index in [1.165, 1.54) is 24.3 Å². The molecule has 70 valence electrons. The van der Waals surface area contributed by atoms with Gasteiger partial charge in [0, 0.05) is 0 Å². The number of nitrogens with two attached hydrogens (primary N) is 1. The molecule has 0 aromatic heterocycles. The van der Waals surface area contributed by atoms with Gasteiger partial charge in [0.1, 0.15) is 5.82 Å². The summed E-state index contributed by atoms with van der Waals surface area (Å²) in [6.45, 7) is 0. The third kappa shape index (κ3) is 3.03. The molecular weight excluding hydrogens is 193 g/mol. The third-order valence-corrected chi connectivity index (χ3v) is 1.46. The molecule has 0 aliphatic rings. The Kier molecular flexibility index (Phi) is 5.09. The van der Waals surface area contributed by atoms with Gasteiger partial charge in [-0.05, 0) is 17.7 Å². The van der Waals surface area contributed by atoms with Crippen molar-refractivity contribution in [2.75, 3.05) is 0 Å². The first-order valence-electron chi connectivity index (χ1n) is 3.35. The van der Waals surface area contributed by atoms with Gasteiger partial charge in [0.2, 0.25) is 0 Å². The van der Waals surface area contributed by atoms with E-state index in [1.54, 1.807) is 0 Å². The molecule has 1 rings (SSSR count). The minimum absolute atomic E-state index is 0. The van der Waals surface area contributed by atoms with Crippen LogP contribution in [0.25, 0.3) is 0 Å². The van der Waals surface area contributed by atoms with E-state index in [2.05, 4.69) is 10.8 Å². The van der Waals surface area contributed by atoms with Gasteiger partial charge in [0.15, 0.2) is 6.10 Å². The van der Waals surface area contributed by atoms with E-state index < -0.39 is 6.10 Å². The van der Waals surface area contributed by atoms with Crippen LogP contribution in [0.4, 0.5) is 4.39 Å². The van der Waals surface area contributed by atoms with E-state index in [9.17, 15) is 4.39 Å². The molecular formula is C9H9ClFNO. The van der Waals surface area contributed by atoms with Gasteiger partial charge in [0.05, 0.1) is 0 Å². The van der Waals surface area contributed by atoms with Crippen LogP contribution in [0.1, 0.15) is 11.7 Å². The predicted octanol–water partition coefficient (Wildman–Crippen LogP) is 1.81. The van der Waals surface area contributed by atoms with Crippen LogP contribution >= 0.6 is 12.4 Å². The van der Waals surface area contributed by atoms with Gasteiger partial charge in [-0.2, -0.15) is 0 Å². The molecule has 2 N–H and O–H groups in total. The van der Waals surface area contributed by atoms with Crippen molar-refractivity contribution < 1.29 is 9.23 Å². The van der Waals surface area contributed by atoms with E-state index in [1.807, 2.05) is 0 Å². The summed E-state index contributed by atoms with van der Waals surface area (Å²) in [7, 11) is 0. The van der Waals surface area contributed by atoms with Crippen LogP contribution in [-0.4, -0.2) is 0 Å². The van der Waals surface area contributed by atoms with Crippen LogP contribution in [0.15, 0.2) is 24.3 Å². The van der Waals surface area contributed by atoms with Crippen LogP contribution in [-0.2, 0) is 4.84 Å². The molecule has 0 spiro atoms. The monoisotopic (exact) mass is 201 g/mol. The highest BCUT2D eigenvalue weighted by Crippen LogP contribution is 2.14. The Morgan fingerprint density at radius 3 is 2.31 bits per heavy atom. The lowest BCUT2D eigenvalue weighted by atomic mass is 10.1. The van der Waals surface area contributed by atoms with Gasteiger partial charge in [-0.25, -0.2) is 10.3 Å². The number of terminal acetylenes is 1. The fourth-order valence-electron chi connectivity index (χ4n) is 0.852. The van der Waals surface area contributed by atoms with Crippen LogP contribution in [0.3, 0.4) is 0 Å². The number of hydrogen-bond acceptors (Lipinski definition) is 2. The topological polar surface area (TPSA) is 35.2 Å². The highest BCUT2D eigenvalue weighted by Gasteiger charge is 2.05. The van der Waals surface area contributed by atoms with Crippen LogP contribution < -0.4 is 5.90 Å². The summed E-state index contributed by atoms with van der Waals surface area (Å²) in [5, 5.41) is 0. The van der Waals surface area contributed by atoms with Crippen LogP contribution in [0.2, 0.25) is 0 Å². The van der Waals surface area contributed by atoms with Gasteiger partial charge in [-0.1, -0.05) is 18.1 Å². The number of benzene rings is 1. The number of rotatable bonds is 2. The molecule has 13 heavy (non-hydrogen) atoms. The molecule has 0 bridgehead atoms. The molecule has 0 radical (unpaired) electrons. The normalized spacial score (nSPS) is 11.2. The molecule has 0 saturated carbocycles. The minimum atomic E-state index is -0.606. The maximum Gasteiger partial charge on any atom is 0.164 e. The lowest BCUT2D eigenvalue weighted by molar-refractivity contribution is 0.0935. The van der Waals surface area contributed by atoms with E-state index in [0.29, 0.717) is 5.56 Å². The SMILES string of the molecule is C#CC(ON)c1ccc(F)cc1.Cl. The van der Waals surface area contributed by atoms with Crippen molar-refractivity contribution in [1.82, 2.24) is 0 Å². The van der Waals surface area contributed by atoms with Gasteiger partial charge in [0.25, 0.3) is 0 Å². The maximum atomic E-state index is 12.4. The summed E-state index contributed by atoms with van der Waals surface area (Å²) in [6.07, 6.45) is 4.50. The van der Waals surface area contributed by atoms with Crippen molar-refractivity contribution in [3.63, 3.8) is 0 Å². The van der Waals surface area contributed by atoms with Crippen LogP contribution in [0, 0.1) is 18.2 Å². The molecule has 2 nitrogen and oxygen atoms in total. The molecule has 1 aromatic carbocycles. The largest absolute Gasteiger partial charge is 0.283 e. The molecule has 0 aliphatic carbocycles. The molecule has 4 heteroatoms. The summed E-state index contributed by atoms with van der Waals surface area (Å²) < 4.78 is 12.4. The first kappa shape index (κ1) is 11.9. The average Bonchev–Trinajstić information content (AvgIpc) is 2.10. The fraction of sp³-hybridized carbons (Fsp3) is 0.111. The van der Waals surface area contributed by atoms with Gasteiger partial charge in [-0.15, -0.1) is 18.8 Å². The van der Waals surface area contributed by atoms with Crippen molar-refractivity contribution in [3.8, 4) is 12.3 Å². The Labute approximate surface area is 82.3 Å². The Balaban J connectivity index is 0.00000144. The molecule has 0 heterocycles.